The second-order valence-corrected chi connectivity index (χ2v) is 7.21. The average molecular weight is 392 g/mol. The zero-order valence-corrected chi connectivity index (χ0v) is 16.3. The van der Waals surface area contributed by atoms with Gasteiger partial charge in [0.1, 0.15) is 0 Å². The molecule has 0 spiro atoms. The zero-order valence-electron chi connectivity index (χ0n) is 15.4. The fraction of sp³-hybridized carbons (Fsp3) is 0.200. The molecule has 1 amide bonds. The molecule has 0 saturated carbocycles. The predicted molar refractivity (Wildman–Crippen MR) is 110 cm³/mol. The molecular weight excluding hydrogens is 372 g/mol. The number of hydrogen-bond acceptors (Lipinski definition) is 5. The number of fused-ring (bicyclic) bond motifs is 1. The fourth-order valence-corrected chi connectivity index (χ4v) is 3.84. The summed E-state index contributed by atoms with van der Waals surface area (Å²) in [4.78, 5) is 24.3. The van der Waals surface area contributed by atoms with Crippen molar-refractivity contribution >= 4 is 28.7 Å². The second-order valence-electron chi connectivity index (χ2n) is 6.13. The smallest absolute Gasteiger partial charge is 0.256 e. The van der Waals surface area contributed by atoms with E-state index in [0.717, 1.165) is 21.9 Å². The third-order valence-electron chi connectivity index (χ3n) is 4.41. The molecule has 0 unspecified atom stereocenters. The molecule has 8 heteroatoms. The van der Waals surface area contributed by atoms with Crippen LogP contribution in [-0.2, 0) is 0 Å². The minimum absolute atomic E-state index is 0.0272. The highest BCUT2D eigenvalue weighted by molar-refractivity contribution is 7.99. The van der Waals surface area contributed by atoms with Crippen molar-refractivity contribution in [1.82, 2.24) is 29.9 Å². The molecule has 4 aromatic rings. The van der Waals surface area contributed by atoms with Crippen LogP contribution in [0.3, 0.4) is 0 Å². The van der Waals surface area contributed by atoms with Gasteiger partial charge in [0, 0.05) is 18.8 Å². The van der Waals surface area contributed by atoms with Crippen LogP contribution in [-0.4, -0.2) is 54.6 Å². The lowest BCUT2D eigenvalue weighted by Gasteiger charge is -2.21. The number of carbonyl (C=O) groups is 1. The van der Waals surface area contributed by atoms with Crippen molar-refractivity contribution < 1.29 is 4.79 Å². The number of benzene rings is 2. The van der Waals surface area contributed by atoms with Gasteiger partial charge in [0.05, 0.1) is 34.7 Å². The van der Waals surface area contributed by atoms with Gasteiger partial charge >= 0.3 is 0 Å². The number of hydrogen-bond donors (Lipinski definition) is 1. The van der Waals surface area contributed by atoms with Crippen molar-refractivity contribution in [2.45, 2.75) is 12.1 Å². The summed E-state index contributed by atoms with van der Waals surface area (Å²) in [6.07, 6.45) is 3.20. The third kappa shape index (κ3) is 3.77. The number of aromatic nitrogens is 5. The summed E-state index contributed by atoms with van der Waals surface area (Å²) >= 11 is 1.61. The Morgan fingerprint density at radius 1 is 1.11 bits per heavy atom. The van der Waals surface area contributed by atoms with Crippen LogP contribution in [0.5, 0.6) is 0 Å². The molecule has 0 fully saturated rings. The highest BCUT2D eigenvalue weighted by atomic mass is 32.2. The highest BCUT2D eigenvalue weighted by Gasteiger charge is 2.19. The van der Waals surface area contributed by atoms with Crippen LogP contribution in [0.4, 0.5) is 0 Å². The van der Waals surface area contributed by atoms with E-state index in [-0.39, 0.29) is 5.91 Å². The van der Waals surface area contributed by atoms with Crippen molar-refractivity contribution in [2.24, 2.45) is 0 Å². The van der Waals surface area contributed by atoms with Gasteiger partial charge in [-0.25, -0.2) is 4.98 Å². The fourth-order valence-electron chi connectivity index (χ4n) is 2.99. The summed E-state index contributed by atoms with van der Waals surface area (Å²) in [5, 5.41) is 9.18. The summed E-state index contributed by atoms with van der Waals surface area (Å²) in [5.74, 6) is 0.724. The van der Waals surface area contributed by atoms with Gasteiger partial charge in [-0.2, -0.15) is 15.0 Å². The molecule has 0 atom stereocenters. The molecule has 0 radical (unpaired) electrons. The third-order valence-corrected chi connectivity index (χ3v) is 5.26. The van der Waals surface area contributed by atoms with Crippen molar-refractivity contribution in [1.29, 1.82) is 0 Å². The molecule has 2 aromatic heterocycles. The number of para-hydroxylation sites is 3. The molecule has 0 aliphatic heterocycles. The van der Waals surface area contributed by atoms with Crippen LogP contribution >= 0.6 is 11.8 Å². The van der Waals surface area contributed by atoms with Crippen molar-refractivity contribution in [3.8, 4) is 5.69 Å². The summed E-state index contributed by atoms with van der Waals surface area (Å²) in [5.41, 5.74) is 3.25. The molecule has 7 nitrogen and oxygen atoms in total. The monoisotopic (exact) mass is 392 g/mol. The Kier molecular flexibility index (Phi) is 5.38. The first-order valence-corrected chi connectivity index (χ1v) is 10.1. The van der Waals surface area contributed by atoms with Crippen LogP contribution in [0.1, 0.15) is 17.3 Å². The van der Waals surface area contributed by atoms with Crippen LogP contribution in [0.15, 0.2) is 66.1 Å². The van der Waals surface area contributed by atoms with Crippen LogP contribution in [0.25, 0.3) is 16.7 Å². The predicted octanol–water partition coefficient (Wildman–Crippen LogP) is 3.40. The zero-order chi connectivity index (χ0) is 19.3. The van der Waals surface area contributed by atoms with Crippen molar-refractivity contribution in [3.63, 3.8) is 0 Å². The lowest BCUT2D eigenvalue weighted by Crippen LogP contribution is -2.33. The van der Waals surface area contributed by atoms with Crippen molar-refractivity contribution in [2.75, 3.05) is 18.8 Å². The minimum Gasteiger partial charge on any atom is -0.338 e. The van der Waals surface area contributed by atoms with Gasteiger partial charge in [-0.1, -0.05) is 36.0 Å². The van der Waals surface area contributed by atoms with E-state index < -0.39 is 0 Å². The number of thioether (sulfide) groups is 1. The van der Waals surface area contributed by atoms with E-state index >= 15 is 0 Å². The minimum atomic E-state index is -0.0272. The van der Waals surface area contributed by atoms with Crippen LogP contribution < -0.4 is 0 Å². The number of nitrogens with one attached hydrogen (secondary N) is 1. The number of aromatic amines is 1. The first-order chi connectivity index (χ1) is 13.8. The Bertz CT molecular complexity index is 1040. The maximum Gasteiger partial charge on any atom is 0.256 e. The van der Waals surface area contributed by atoms with E-state index in [1.165, 1.54) is 4.80 Å². The van der Waals surface area contributed by atoms with Gasteiger partial charge in [0.2, 0.25) is 0 Å². The van der Waals surface area contributed by atoms with Gasteiger partial charge in [-0.3, -0.25) is 4.79 Å². The molecule has 4 rings (SSSR count). The van der Waals surface area contributed by atoms with Crippen LogP contribution in [0, 0.1) is 0 Å². The van der Waals surface area contributed by atoms with Gasteiger partial charge < -0.3 is 9.88 Å². The molecular formula is C20H20N6OS. The van der Waals surface area contributed by atoms with E-state index in [2.05, 4.69) is 20.2 Å². The molecule has 0 bridgehead atoms. The number of rotatable bonds is 7. The standard InChI is InChI=1S/C20H20N6OS/c1-2-25(13-14-28-20-23-16-8-4-5-9-17(16)24-20)19(27)15-7-3-6-10-18(15)26-21-11-12-22-26/h3-12H,2,13-14H2,1H3,(H,23,24). The Balaban J connectivity index is 1.45. The first kappa shape index (κ1) is 18.2. The largest absolute Gasteiger partial charge is 0.338 e. The quantitative estimate of drug-likeness (QED) is 0.488. The lowest BCUT2D eigenvalue weighted by atomic mass is 10.1. The first-order valence-electron chi connectivity index (χ1n) is 9.09. The summed E-state index contributed by atoms with van der Waals surface area (Å²) < 4.78 is 0. The number of carbonyl (C=O) groups excluding carboxylic acids is 1. The van der Waals surface area contributed by atoms with Crippen molar-refractivity contribution in [3.05, 3.63) is 66.5 Å². The number of amides is 1. The van der Waals surface area contributed by atoms with Gasteiger partial charge in [0.15, 0.2) is 5.16 Å². The van der Waals surface area contributed by atoms with E-state index in [4.69, 9.17) is 0 Å². The summed E-state index contributed by atoms with van der Waals surface area (Å²) in [6, 6.07) is 15.4. The maximum absolute atomic E-state index is 13.1. The van der Waals surface area contributed by atoms with E-state index in [0.29, 0.717) is 24.3 Å². The molecule has 28 heavy (non-hydrogen) atoms. The number of H-pyrrole nitrogens is 1. The van der Waals surface area contributed by atoms with Gasteiger partial charge in [0.25, 0.3) is 5.91 Å². The number of nitrogens with zero attached hydrogens (tertiary/aromatic N) is 5. The maximum atomic E-state index is 13.1. The Morgan fingerprint density at radius 3 is 2.64 bits per heavy atom. The van der Waals surface area contributed by atoms with Crippen LogP contribution in [0.2, 0.25) is 0 Å². The van der Waals surface area contributed by atoms with Gasteiger partial charge in [-0.15, -0.1) is 0 Å². The molecule has 2 heterocycles. The van der Waals surface area contributed by atoms with E-state index in [1.807, 2.05) is 60.4 Å². The number of imidazole rings is 1. The van der Waals surface area contributed by atoms with E-state index in [9.17, 15) is 4.79 Å². The SMILES string of the molecule is CCN(CCSc1nc2ccccc2[nH]1)C(=O)c1ccccc1-n1nccn1. The Labute approximate surface area is 166 Å². The summed E-state index contributed by atoms with van der Waals surface area (Å²) in [6.45, 7) is 3.23. The molecule has 0 saturated heterocycles. The normalized spacial score (nSPS) is 11.0. The molecule has 142 valence electrons. The lowest BCUT2D eigenvalue weighted by molar-refractivity contribution is 0.0774. The average Bonchev–Trinajstić information content (AvgIpc) is 3.40. The Hall–Kier alpha value is -3.13. The molecule has 2 aromatic carbocycles. The topological polar surface area (TPSA) is 79.7 Å². The Morgan fingerprint density at radius 2 is 1.86 bits per heavy atom. The highest BCUT2D eigenvalue weighted by Crippen LogP contribution is 2.20. The van der Waals surface area contributed by atoms with E-state index in [1.54, 1.807) is 24.2 Å². The molecule has 0 aliphatic rings. The van der Waals surface area contributed by atoms with Gasteiger partial charge in [-0.05, 0) is 31.2 Å². The molecule has 1 N–H and O–H groups in total. The molecule has 0 aliphatic carbocycles. The second kappa shape index (κ2) is 8.26. The summed E-state index contributed by atoms with van der Waals surface area (Å²) in [7, 11) is 0.